The van der Waals surface area contributed by atoms with Gasteiger partial charge in [-0.15, -0.1) is 10.2 Å². The Morgan fingerprint density at radius 3 is 2.88 bits per heavy atom. The van der Waals surface area contributed by atoms with E-state index in [4.69, 9.17) is 0 Å². The van der Waals surface area contributed by atoms with Crippen LogP contribution in [-0.4, -0.2) is 37.5 Å². The molecule has 1 aliphatic rings. The highest BCUT2D eigenvalue weighted by Crippen LogP contribution is 2.22. The Bertz CT molecular complexity index is 938. The minimum Gasteiger partial charge on any atom is -0.353 e. The van der Waals surface area contributed by atoms with E-state index in [0.717, 1.165) is 12.8 Å². The lowest BCUT2D eigenvalue weighted by molar-refractivity contribution is -0.119. The van der Waals surface area contributed by atoms with Crippen LogP contribution in [0.3, 0.4) is 0 Å². The van der Waals surface area contributed by atoms with Crippen LogP contribution in [0, 0.1) is 5.82 Å². The number of nitrogens with zero attached hydrogens (tertiary/aromatic N) is 4. The van der Waals surface area contributed by atoms with Crippen LogP contribution in [0.5, 0.6) is 0 Å². The third-order valence-corrected chi connectivity index (χ3v) is 5.31. The molecule has 0 atom stereocenters. The number of nitrogens with one attached hydrogen (secondary N) is 1. The van der Waals surface area contributed by atoms with Crippen LogP contribution in [0.15, 0.2) is 41.4 Å². The van der Waals surface area contributed by atoms with Crippen molar-refractivity contribution in [3.8, 4) is 11.4 Å². The Morgan fingerprint density at radius 2 is 2.08 bits per heavy atom. The summed E-state index contributed by atoms with van der Waals surface area (Å²) < 4.78 is 15.1. The van der Waals surface area contributed by atoms with Crippen molar-refractivity contribution in [3.63, 3.8) is 0 Å². The zero-order valence-corrected chi connectivity index (χ0v) is 14.9. The summed E-state index contributed by atoms with van der Waals surface area (Å²) in [5, 5.41) is 16.4. The average Bonchev–Trinajstić information content (AvgIpc) is 3.29. The van der Waals surface area contributed by atoms with Crippen LogP contribution in [0.2, 0.25) is 0 Å². The number of hydrogen-bond acceptors (Lipinski definition) is 5. The maximum atomic E-state index is 13.5. The lowest BCUT2D eigenvalue weighted by Crippen LogP contribution is -2.33. The summed E-state index contributed by atoms with van der Waals surface area (Å²) in [5.74, 6) is 0.468. The van der Waals surface area contributed by atoms with Gasteiger partial charge in [-0.2, -0.15) is 9.61 Å². The fraction of sp³-hybridized carbons (Fsp3) is 0.333. The van der Waals surface area contributed by atoms with Gasteiger partial charge in [0.25, 0.3) is 0 Å². The Balaban J connectivity index is 1.50. The van der Waals surface area contributed by atoms with E-state index in [9.17, 15) is 9.18 Å². The van der Waals surface area contributed by atoms with E-state index in [1.54, 1.807) is 22.7 Å². The standard InChI is InChI=1S/C18H18FN5OS/c19-13-5-3-4-12(10-13)18-22-21-15-8-9-17(23-24(15)18)26-11-16(25)20-14-6-1-2-7-14/h3-5,8-10,14H,1-2,6-7,11H2,(H,20,25). The molecule has 0 unspecified atom stereocenters. The van der Waals surface area contributed by atoms with Crippen LogP contribution >= 0.6 is 11.8 Å². The van der Waals surface area contributed by atoms with Gasteiger partial charge in [0.05, 0.1) is 5.75 Å². The molecule has 3 aromatic rings. The van der Waals surface area contributed by atoms with E-state index in [2.05, 4.69) is 20.6 Å². The zero-order valence-electron chi connectivity index (χ0n) is 14.1. The summed E-state index contributed by atoms with van der Waals surface area (Å²) in [5.41, 5.74) is 1.18. The summed E-state index contributed by atoms with van der Waals surface area (Å²) in [7, 11) is 0. The maximum absolute atomic E-state index is 13.5. The average molecular weight is 371 g/mol. The third-order valence-electron chi connectivity index (χ3n) is 4.39. The van der Waals surface area contributed by atoms with Crippen molar-refractivity contribution in [3.05, 3.63) is 42.2 Å². The molecular weight excluding hydrogens is 353 g/mol. The van der Waals surface area contributed by atoms with Gasteiger partial charge >= 0.3 is 0 Å². The predicted molar refractivity (Wildman–Crippen MR) is 97.3 cm³/mol. The van der Waals surface area contributed by atoms with Crippen LogP contribution < -0.4 is 5.32 Å². The second kappa shape index (κ2) is 7.41. The molecule has 1 amide bonds. The Morgan fingerprint density at radius 1 is 1.23 bits per heavy atom. The van der Waals surface area contributed by atoms with Crippen molar-refractivity contribution in [2.24, 2.45) is 0 Å². The third kappa shape index (κ3) is 3.70. The molecule has 4 rings (SSSR count). The molecule has 0 spiro atoms. The Labute approximate surface area is 154 Å². The van der Waals surface area contributed by atoms with Crippen molar-refractivity contribution in [1.29, 1.82) is 0 Å². The molecule has 8 heteroatoms. The summed E-state index contributed by atoms with van der Waals surface area (Å²) in [6, 6.07) is 10.1. The van der Waals surface area contributed by atoms with Gasteiger partial charge in [0.15, 0.2) is 11.5 Å². The predicted octanol–water partition coefficient (Wildman–Crippen LogP) is 3.08. The molecule has 1 fully saturated rings. The van der Waals surface area contributed by atoms with E-state index in [0.29, 0.717) is 33.9 Å². The van der Waals surface area contributed by atoms with Crippen LogP contribution in [-0.2, 0) is 4.79 Å². The van der Waals surface area contributed by atoms with E-state index in [1.807, 2.05) is 6.07 Å². The summed E-state index contributed by atoms with van der Waals surface area (Å²) >= 11 is 1.36. The van der Waals surface area contributed by atoms with Gasteiger partial charge in [-0.05, 0) is 37.1 Å². The molecular formula is C18H18FN5OS. The first-order chi connectivity index (χ1) is 12.7. The summed E-state index contributed by atoms with van der Waals surface area (Å²) in [6.07, 6.45) is 4.51. The number of carbonyl (C=O) groups is 1. The van der Waals surface area contributed by atoms with Crippen LogP contribution in [0.4, 0.5) is 4.39 Å². The summed E-state index contributed by atoms with van der Waals surface area (Å²) in [4.78, 5) is 12.1. The number of thioether (sulfide) groups is 1. The SMILES string of the molecule is O=C(CSc1ccc2nnc(-c3cccc(F)c3)n2n1)NC1CCCC1. The molecule has 0 aliphatic heterocycles. The molecule has 2 heterocycles. The molecule has 134 valence electrons. The van der Waals surface area contributed by atoms with Crippen molar-refractivity contribution < 1.29 is 9.18 Å². The van der Waals surface area contributed by atoms with Crippen molar-refractivity contribution in [1.82, 2.24) is 25.1 Å². The van der Waals surface area contributed by atoms with Gasteiger partial charge in [-0.1, -0.05) is 36.7 Å². The maximum Gasteiger partial charge on any atom is 0.230 e. The van der Waals surface area contributed by atoms with E-state index < -0.39 is 0 Å². The second-order valence-corrected chi connectivity index (χ2v) is 7.31. The first-order valence-corrected chi connectivity index (χ1v) is 9.58. The van der Waals surface area contributed by atoms with Gasteiger partial charge in [0.1, 0.15) is 10.8 Å². The number of aromatic nitrogens is 4. The normalized spacial score (nSPS) is 14.8. The smallest absolute Gasteiger partial charge is 0.230 e. The first kappa shape index (κ1) is 17.0. The molecule has 0 saturated heterocycles. The largest absolute Gasteiger partial charge is 0.353 e. The van der Waals surface area contributed by atoms with Crippen molar-refractivity contribution >= 4 is 23.3 Å². The molecule has 26 heavy (non-hydrogen) atoms. The lowest BCUT2D eigenvalue weighted by atomic mass is 10.2. The van der Waals surface area contributed by atoms with Gasteiger partial charge in [0.2, 0.25) is 5.91 Å². The molecule has 1 aliphatic carbocycles. The molecule has 0 bridgehead atoms. The Hall–Kier alpha value is -2.48. The zero-order chi connectivity index (χ0) is 17.9. The van der Waals surface area contributed by atoms with Crippen LogP contribution in [0.1, 0.15) is 25.7 Å². The Kier molecular flexibility index (Phi) is 4.83. The van der Waals surface area contributed by atoms with Crippen LogP contribution in [0.25, 0.3) is 17.0 Å². The quantitative estimate of drug-likeness (QED) is 0.698. The first-order valence-electron chi connectivity index (χ1n) is 8.59. The minimum absolute atomic E-state index is 0.0258. The lowest BCUT2D eigenvalue weighted by Gasteiger charge is -2.11. The van der Waals surface area contributed by atoms with E-state index in [1.165, 1.54) is 36.7 Å². The molecule has 1 N–H and O–H groups in total. The molecule has 6 nitrogen and oxygen atoms in total. The van der Waals surface area contributed by atoms with Gasteiger partial charge in [-0.25, -0.2) is 4.39 Å². The van der Waals surface area contributed by atoms with Gasteiger partial charge in [0, 0.05) is 11.6 Å². The van der Waals surface area contributed by atoms with Gasteiger partial charge in [-0.3, -0.25) is 4.79 Å². The number of rotatable bonds is 5. The molecule has 2 aromatic heterocycles. The molecule has 1 aromatic carbocycles. The number of fused-ring (bicyclic) bond motifs is 1. The number of hydrogen-bond donors (Lipinski definition) is 1. The summed E-state index contributed by atoms with van der Waals surface area (Å²) in [6.45, 7) is 0. The fourth-order valence-corrected chi connectivity index (χ4v) is 3.80. The highest BCUT2D eigenvalue weighted by atomic mass is 32.2. The topological polar surface area (TPSA) is 72.2 Å². The fourth-order valence-electron chi connectivity index (χ4n) is 3.14. The number of carbonyl (C=O) groups excluding carboxylic acids is 1. The van der Waals surface area contributed by atoms with Gasteiger partial charge < -0.3 is 5.32 Å². The van der Waals surface area contributed by atoms with E-state index >= 15 is 0 Å². The second-order valence-electron chi connectivity index (χ2n) is 6.31. The van der Waals surface area contributed by atoms with Crippen molar-refractivity contribution in [2.75, 3.05) is 5.75 Å². The highest BCUT2D eigenvalue weighted by Gasteiger charge is 2.17. The minimum atomic E-state index is -0.339. The molecule has 1 saturated carbocycles. The van der Waals surface area contributed by atoms with Crippen molar-refractivity contribution in [2.45, 2.75) is 36.8 Å². The van der Waals surface area contributed by atoms with E-state index in [-0.39, 0.29) is 11.7 Å². The molecule has 0 radical (unpaired) electrons. The number of amides is 1. The monoisotopic (exact) mass is 371 g/mol. The highest BCUT2D eigenvalue weighted by molar-refractivity contribution is 7.99. The number of benzene rings is 1. The number of halogens is 1.